The Balaban J connectivity index is 1.35. The van der Waals surface area contributed by atoms with Gasteiger partial charge in [-0.3, -0.25) is 9.59 Å². The van der Waals surface area contributed by atoms with Crippen LogP contribution in [-0.2, 0) is 4.79 Å². The monoisotopic (exact) mass is 453 g/mol. The Morgan fingerprint density at radius 3 is 2.70 bits per heavy atom. The fourth-order valence-corrected chi connectivity index (χ4v) is 5.30. The van der Waals surface area contributed by atoms with Gasteiger partial charge in [0.15, 0.2) is 17.5 Å². The van der Waals surface area contributed by atoms with E-state index in [4.69, 9.17) is 9.72 Å². The van der Waals surface area contributed by atoms with Crippen molar-refractivity contribution in [3.63, 3.8) is 0 Å². The molecular formula is C21H15N3O3S3. The zero-order valence-corrected chi connectivity index (χ0v) is 18.0. The molecule has 30 heavy (non-hydrogen) atoms. The third kappa shape index (κ3) is 3.79. The number of aromatic nitrogens is 2. The van der Waals surface area contributed by atoms with Gasteiger partial charge < -0.3 is 15.0 Å². The molecule has 0 saturated carbocycles. The summed E-state index contributed by atoms with van der Waals surface area (Å²) < 4.78 is 5.34. The minimum absolute atomic E-state index is 0.00617. The molecule has 150 valence electrons. The molecule has 0 saturated heterocycles. The van der Waals surface area contributed by atoms with Crippen molar-refractivity contribution in [2.45, 2.75) is 5.16 Å². The lowest BCUT2D eigenvalue weighted by atomic mass is 10.1. The van der Waals surface area contributed by atoms with Crippen molar-refractivity contribution in [3.8, 4) is 26.9 Å². The molecule has 1 aliphatic rings. The average molecular weight is 454 g/mol. The van der Waals surface area contributed by atoms with Crippen LogP contribution in [0.4, 0.5) is 5.69 Å². The molecule has 1 aromatic carbocycles. The van der Waals surface area contributed by atoms with Crippen molar-refractivity contribution in [2.75, 3.05) is 17.7 Å². The predicted molar refractivity (Wildman–Crippen MR) is 121 cm³/mol. The summed E-state index contributed by atoms with van der Waals surface area (Å²) in [5.41, 5.74) is 2.92. The Morgan fingerprint density at radius 2 is 1.93 bits per heavy atom. The number of hydrogen-bond acceptors (Lipinski definition) is 7. The van der Waals surface area contributed by atoms with Crippen molar-refractivity contribution < 1.29 is 14.3 Å². The van der Waals surface area contributed by atoms with E-state index in [0.717, 1.165) is 21.1 Å². The number of ether oxygens (including phenoxy) is 1. The van der Waals surface area contributed by atoms with E-state index in [1.807, 2.05) is 29.0 Å². The van der Waals surface area contributed by atoms with Crippen LogP contribution in [0.25, 0.3) is 21.1 Å². The highest BCUT2D eigenvalue weighted by molar-refractivity contribution is 7.99. The standard InChI is InChI=1S/C21H15N3O3S3/c25-14(12-5-6-15-13(9-12)22-18(26)10-27-15)11-30-21-23-19(16-3-1-7-28-16)20(24-21)17-4-2-8-29-17/h1-9H,10-11H2,(H,22,26)(H,23,24). The fraction of sp³-hybridized carbons (Fsp3) is 0.0952. The highest BCUT2D eigenvalue weighted by Gasteiger charge is 2.20. The van der Waals surface area contributed by atoms with Crippen LogP contribution in [0.5, 0.6) is 5.75 Å². The summed E-state index contributed by atoms with van der Waals surface area (Å²) in [5, 5.41) is 7.49. The Bertz CT molecular complexity index is 1160. The summed E-state index contributed by atoms with van der Waals surface area (Å²) in [6, 6.07) is 13.2. The summed E-state index contributed by atoms with van der Waals surface area (Å²) in [5.74, 6) is 0.536. The molecule has 0 unspecified atom stereocenters. The van der Waals surface area contributed by atoms with Crippen LogP contribution >= 0.6 is 34.4 Å². The first-order valence-electron chi connectivity index (χ1n) is 9.08. The number of carbonyl (C=O) groups excluding carboxylic acids is 2. The Morgan fingerprint density at radius 1 is 1.13 bits per heavy atom. The number of thioether (sulfide) groups is 1. The maximum atomic E-state index is 12.7. The topological polar surface area (TPSA) is 84.1 Å². The second-order valence-corrected chi connectivity index (χ2v) is 9.34. The number of H-pyrrole nitrogens is 1. The van der Waals surface area contributed by atoms with E-state index in [9.17, 15) is 9.59 Å². The molecule has 0 aliphatic carbocycles. The third-order valence-corrected chi connectivity index (χ3v) is 7.12. The molecule has 1 aliphatic heterocycles. The molecule has 0 spiro atoms. The van der Waals surface area contributed by atoms with Gasteiger partial charge in [0.25, 0.3) is 5.91 Å². The number of Topliss-reactive ketones (excluding diaryl/α,β-unsaturated/α-hetero) is 1. The zero-order chi connectivity index (χ0) is 20.5. The first-order chi connectivity index (χ1) is 14.7. The molecule has 2 N–H and O–H groups in total. The van der Waals surface area contributed by atoms with Gasteiger partial charge in [0, 0.05) is 5.56 Å². The summed E-state index contributed by atoms with van der Waals surface area (Å²) in [6.07, 6.45) is 0. The van der Waals surface area contributed by atoms with E-state index in [1.54, 1.807) is 40.9 Å². The van der Waals surface area contributed by atoms with Crippen molar-refractivity contribution in [1.29, 1.82) is 0 Å². The first kappa shape index (κ1) is 19.1. The smallest absolute Gasteiger partial charge is 0.262 e. The Kier molecular flexibility index (Phi) is 5.16. The normalized spacial score (nSPS) is 12.9. The van der Waals surface area contributed by atoms with Crippen LogP contribution in [0, 0.1) is 0 Å². The maximum absolute atomic E-state index is 12.7. The molecule has 0 radical (unpaired) electrons. The summed E-state index contributed by atoms with van der Waals surface area (Å²) in [4.78, 5) is 34.5. The number of imidazole rings is 1. The van der Waals surface area contributed by atoms with Crippen LogP contribution in [-0.4, -0.2) is 34.0 Å². The van der Waals surface area contributed by atoms with Gasteiger partial charge in [-0.1, -0.05) is 23.9 Å². The van der Waals surface area contributed by atoms with Crippen LogP contribution < -0.4 is 10.1 Å². The number of thiophene rings is 2. The van der Waals surface area contributed by atoms with E-state index >= 15 is 0 Å². The molecule has 9 heteroatoms. The van der Waals surface area contributed by atoms with E-state index in [-0.39, 0.29) is 24.1 Å². The molecule has 0 fully saturated rings. The summed E-state index contributed by atoms with van der Waals surface area (Å²) >= 11 is 4.65. The lowest BCUT2D eigenvalue weighted by Gasteiger charge is -2.18. The number of rotatable bonds is 6. The number of ketones is 1. The number of amides is 1. The van der Waals surface area contributed by atoms with E-state index in [0.29, 0.717) is 22.2 Å². The molecule has 1 amide bonds. The predicted octanol–water partition coefficient (Wildman–Crippen LogP) is 5.17. The van der Waals surface area contributed by atoms with Crippen molar-refractivity contribution in [2.24, 2.45) is 0 Å². The number of nitrogens with one attached hydrogen (secondary N) is 2. The molecular weight excluding hydrogens is 438 g/mol. The Labute approximate surface area is 184 Å². The molecule has 0 atom stereocenters. The van der Waals surface area contributed by atoms with Crippen LogP contribution in [0.2, 0.25) is 0 Å². The largest absolute Gasteiger partial charge is 0.482 e. The fourth-order valence-electron chi connectivity index (χ4n) is 3.08. The number of hydrogen-bond donors (Lipinski definition) is 2. The first-order valence-corrected chi connectivity index (χ1v) is 11.8. The van der Waals surface area contributed by atoms with Gasteiger partial charge in [0.05, 0.1) is 26.9 Å². The second-order valence-electron chi connectivity index (χ2n) is 6.48. The van der Waals surface area contributed by atoms with Gasteiger partial charge in [-0.25, -0.2) is 4.98 Å². The van der Waals surface area contributed by atoms with Gasteiger partial charge in [-0.05, 0) is 41.1 Å². The number of carbonyl (C=O) groups is 2. The maximum Gasteiger partial charge on any atom is 0.262 e. The molecule has 4 heterocycles. The van der Waals surface area contributed by atoms with E-state index < -0.39 is 0 Å². The number of aromatic amines is 1. The van der Waals surface area contributed by atoms with Crippen molar-refractivity contribution in [1.82, 2.24) is 9.97 Å². The van der Waals surface area contributed by atoms with Crippen molar-refractivity contribution in [3.05, 3.63) is 58.8 Å². The lowest BCUT2D eigenvalue weighted by Crippen LogP contribution is -2.25. The molecule has 3 aromatic heterocycles. The summed E-state index contributed by atoms with van der Waals surface area (Å²) in [7, 11) is 0. The van der Waals surface area contributed by atoms with E-state index in [1.165, 1.54) is 11.8 Å². The Hall–Kier alpha value is -2.88. The summed E-state index contributed by atoms with van der Waals surface area (Å²) in [6.45, 7) is -0.00617. The van der Waals surface area contributed by atoms with Crippen LogP contribution in [0.3, 0.4) is 0 Å². The number of benzene rings is 1. The second kappa shape index (κ2) is 8.10. The zero-order valence-electron chi connectivity index (χ0n) is 15.5. The molecule has 0 bridgehead atoms. The average Bonchev–Trinajstić information content (AvgIpc) is 3.52. The van der Waals surface area contributed by atoms with Gasteiger partial charge in [0.1, 0.15) is 11.4 Å². The minimum Gasteiger partial charge on any atom is -0.482 e. The van der Waals surface area contributed by atoms with Crippen LogP contribution in [0.15, 0.2) is 58.4 Å². The van der Waals surface area contributed by atoms with Crippen LogP contribution in [0.1, 0.15) is 10.4 Å². The van der Waals surface area contributed by atoms with E-state index in [2.05, 4.69) is 16.4 Å². The highest BCUT2D eigenvalue weighted by atomic mass is 32.2. The molecule has 4 aromatic rings. The SMILES string of the molecule is O=C1COc2ccc(C(=O)CSc3nc(-c4cccs4)c(-c4cccs4)[nH]3)cc2N1. The van der Waals surface area contributed by atoms with Gasteiger partial charge in [-0.15, -0.1) is 22.7 Å². The number of nitrogens with zero attached hydrogens (tertiary/aromatic N) is 1. The highest BCUT2D eigenvalue weighted by Crippen LogP contribution is 2.37. The molecule has 5 rings (SSSR count). The minimum atomic E-state index is -0.223. The van der Waals surface area contributed by atoms with Gasteiger partial charge in [-0.2, -0.15) is 0 Å². The number of anilines is 1. The lowest BCUT2D eigenvalue weighted by molar-refractivity contribution is -0.118. The van der Waals surface area contributed by atoms with Gasteiger partial charge >= 0.3 is 0 Å². The van der Waals surface area contributed by atoms with Gasteiger partial charge in [0.2, 0.25) is 0 Å². The third-order valence-electron chi connectivity index (χ3n) is 4.48. The number of fused-ring (bicyclic) bond motifs is 1. The van der Waals surface area contributed by atoms with Crippen molar-refractivity contribution >= 4 is 51.8 Å². The molecule has 6 nitrogen and oxygen atoms in total. The quantitative estimate of drug-likeness (QED) is 0.311.